The van der Waals surface area contributed by atoms with Crippen molar-refractivity contribution in [3.8, 4) is 0 Å². The number of rotatable bonds is 5. The molecule has 2 N–H and O–H groups in total. The molecular weight excluding hydrogens is 432 g/mol. The highest BCUT2D eigenvalue weighted by molar-refractivity contribution is 8.15. The van der Waals surface area contributed by atoms with Gasteiger partial charge in [0.05, 0.1) is 0 Å². The first-order valence-corrected chi connectivity index (χ1v) is 11.2. The maximum atomic E-state index is 14.7. The molecule has 168 valence electrons. The van der Waals surface area contributed by atoms with Gasteiger partial charge in [-0.2, -0.15) is 10.1 Å². The van der Waals surface area contributed by atoms with Crippen molar-refractivity contribution < 1.29 is 13.6 Å². The van der Waals surface area contributed by atoms with Gasteiger partial charge < -0.3 is 10.6 Å². The van der Waals surface area contributed by atoms with E-state index in [0.29, 0.717) is 30.4 Å². The van der Waals surface area contributed by atoms with Crippen molar-refractivity contribution in [1.29, 1.82) is 0 Å². The molecule has 0 saturated carbocycles. The van der Waals surface area contributed by atoms with Crippen molar-refractivity contribution in [2.75, 3.05) is 13.6 Å². The Labute approximate surface area is 190 Å². The molecule has 1 atom stereocenters. The standard InChI is InChI=1S/C23H25F2N5OS/c1-22(2)20(31)27-21(29(22)3)30-23(12-7-13-26,15-8-5-4-6-9-15)32-19(28-30)17-14-16(24)10-11-18(17)25/h4-6,8-11,14H,7,12-13,26H2,1-3H3. The van der Waals surface area contributed by atoms with Crippen LogP contribution >= 0.6 is 11.8 Å². The molecule has 9 heteroatoms. The SMILES string of the molecule is CN1C(N2N=C(c3cc(F)ccc3F)SC2(CCCN)c2ccccc2)=NC(=O)C1(C)C. The second-order valence-electron chi connectivity index (χ2n) is 8.32. The Kier molecular flexibility index (Phi) is 5.81. The van der Waals surface area contributed by atoms with Crippen LogP contribution in [0.1, 0.15) is 37.8 Å². The average molecular weight is 458 g/mol. The van der Waals surface area contributed by atoms with E-state index in [0.717, 1.165) is 23.8 Å². The first-order chi connectivity index (χ1) is 15.2. The van der Waals surface area contributed by atoms with Crippen molar-refractivity contribution in [3.05, 3.63) is 71.3 Å². The Balaban J connectivity index is 1.91. The van der Waals surface area contributed by atoms with Crippen LogP contribution in [-0.4, -0.2) is 46.0 Å². The summed E-state index contributed by atoms with van der Waals surface area (Å²) >= 11 is 1.32. The summed E-state index contributed by atoms with van der Waals surface area (Å²) in [6.45, 7) is 4.02. The van der Waals surface area contributed by atoms with Gasteiger partial charge in [0.25, 0.3) is 5.91 Å². The largest absolute Gasteiger partial charge is 0.330 e. The number of hydrogen-bond donors (Lipinski definition) is 1. The minimum Gasteiger partial charge on any atom is -0.330 e. The molecule has 0 fully saturated rings. The van der Waals surface area contributed by atoms with Crippen LogP contribution in [0.15, 0.2) is 58.6 Å². The van der Waals surface area contributed by atoms with Gasteiger partial charge >= 0.3 is 0 Å². The molecule has 0 aliphatic carbocycles. The van der Waals surface area contributed by atoms with Crippen LogP contribution in [-0.2, 0) is 9.67 Å². The van der Waals surface area contributed by atoms with Crippen molar-refractivity contribution in [2.45, 2.75) is 37.1 Å². The lowest BCUT2D eigenvalue weighted by Gasteiger charge is -2.40. The van der Waals surface area contributed by atoms with Crippen molar-refractivity contribution in [3.63, 3.8) is 0 Å². The Morgan fingerprint density at radius 3 is 2.47 bits per heavy atom. The molecule has 1 amide bonds. The fourth-order valence-electron chi connectivity index (χ4n) is 3.78. The van der Waals surface area contributed by atoms with Gasteiger partial charge in [0, 0.05) is 12.6 Å². The van der Waals surface area contributed by atoms with Crippen LogP contribution in [0.3, 0.4) is 0 Å². The number of hydrogen-bond acceptors (Lipinski definition) is 6. The number of guanidine groups is 1. The van der Waals surface area contributed by atoms with E-state index in [-0.39, 0.29) is 11.5 Å². The van der Waals surface area contributed by atoms with Crippen molar-refractivity contribution >= 4 is 28.7 Å². The first kappa shape index (κ1) is 22.4. The van der Waals surface area contributed by atoms with Gasteiger partial charge in [-0.05, 0) is 57.0 Å². The van der Waals surface area contributed by atoms with Crippen molar-refractivity contribution in [2.24, 2.45) is 15.8 Å². The molecule has 0 aromatic heterocycles. The molecule has 0 spiro atoms. The molecule has 32 heavy (non-hydrogen) atoms. The van der Waals surface area contributed by atoms with E-state index < -0.39 is 22.0 Å². The molecule has 2 aliphatic rings. The molecule has 0 bridgehead atoms. The Hall–Kier alpha value is -2.78. The van der Waals surface area contributed by atoms with E-state index in [1.807, 2.05) is 30.3 Å². The van der Waals surface area contributed by atoms with Crippen LogP contribution in [0.4, 0.5) is 8.78 Å². The summed E-state index contributed by atoms with van der Waals surface area (Å²) in [6.07, 6.45) is 1.21. The lowest BCUT2D eigenvalue weighted by atomic mass is 10.00. The van der Waals surface area contributed by atoms with Gasteiger partial charge in [-0.1, -0.05) is 42.1 Å². The summed E-state index contributed by atoms with van der Waals surface area (Å²) in [5.74, 6) is -1.05. The topological polar surface area (TPSA) is 74.3 Å². The number of amides is 1. The normalized spacial score (nSPS) is 22.4. The molecular formula is C23H25F2N5OS. The zero-order valence-electron chi connectivity index (χ0n) is 18.2. The van der Waals surface area contributed by atoms with E-state index in [2.05, 4.69) is 4.99 Å². The van der Waals surface area contributed by atoms with Gasteiger partial charge in [0.15, 0.2) is 0 Å². The van der Waals surface area contributed by atoms with Gasteiger partial charge in [-0.15, -0.1) is 0 Å². The minimum atomic E-state index is -0.849. The van der Waals surface area contributed by atoms with Gasteiger partial charge in [-0.25, -0.2) is 13.8 Å². The summed E-state index contributed by atoms with van der Waals surface area (Å²) in [7, 11) is 1.78. The molecule has 2 aromatic carbocycles. The number of halogens is 2. The number of thioether (sulfide) groups is 1. The molecule has 2 aromatic rings. The van der Waals surface area contributed by atoms with E-state index in [9.17, 15) is 13.6 Å². The maximum Gasteiger partial charge on any atom is 0.274 e. The molecule has 0 radical (unpaired) electrons. The highest BCUT2D eigenvalue weighted by atomic mass is 32.2. The monoisotopic (exact) mass is 457 g/mol. The molecule has 2 aliphatic heterocycles. The fraction of sp³-hybridized carbons (Fsp3) is 0.348. The Bertz CT molecular complexity index is 1100. The number of nitrogens with zero attached hydrogens (tertiary/aromatic N) is 4. The number of aliphatic imine (C=N–C) groups is 1. The molecule has 6 nitrogen and oxygen atoms in total. The third-order valence-corrected chi connectivity index (χ3v) is 7.40. The molecule has 0 saturated heterocycles. The average Bonchev–Trinajstić information content (AvgIpc) is 3.26. The van der Waals surface area contributed by atoms with Crippen LogP contribution in [0.25, 0.3) is 0 Å². The zero-order valence-corrected chi connectivity index (χ0v) is 19.0. The summed E-state index contributed by atoms with van der Waals surface area (Å²) in [4.78, 5) is 17.9. The summed E-state index contributed by atoms with van der Waals surface area (Å²) in [5, 5.41) is 6.71. The van der Waals surface area contributed by atoms with E-state index >= 15 is 0 Å². The molecule has 4 rings (SSSR count). The van der Waals surface area contributed by atoms with Crippen LogP contribution in [0, 0.1) is 11.6 Å². The first-order valence-electron chi connectivity index (χ1n) is 10.4. The van der Waals surface area contributed by atoms with Crippen molar-refractivity contribution in [1.82, 2.24) is 9.91 Å². The summed E-state index contributed by atoms with van der Waals surface area (Å²) < 4.78 is 28.7. The Morgan fingerprint density at radius 1 is 1.12 bits per heavy atom. The number of benzene rings is 2. The van der Waals surface area contributed by atoms with Gasteiger partial charge in [0.2, 0.25) is 5.96 Å². The quantitative estimate of drug-likeness (QED) is 0.738. The lowest BCUT2D eigenvalue weighted by molar-refractivity contribution is -0.123. The van der Waals surface area contributed by atoms with Crippen LogP contribution in [0.2, 0.25) is 0 Å². The number of likely N-dealkylation sites (N-methyl/N-ethyl adjacent to an activating group) is 1. The number of nitrogens with two attached hydrogens (primary N) is 1. The number of carbonyl (C=O) groups is 1. The lowest BCUT2D eigenvalue weighted by Crippen LogP contribution is -2.52. The zero-order chi connectivity index (χ0) is 23.1. The minimum absolute atomic E-state index is 0.0670. The molecule has 1 unspecified atom stereocenters. The van der Waals surface area contributed by atoms with E-state index in [4.69, 9.17) is 10.8 Å². The highest BCUT2D eigenvalue weighted by Crippen LogP contribution is 2.51. The van der Waals surface area contributed by atoms with Crippen LogP contribution < -0.4 is 5.73 Å². The van der Waals surface area contributed by atoms with Crippen LogP contribution in [0.5, 0.6) is 0 Å². The third kappa shape index (κ3) is 3.59. The smallest absolute Gasteiger partial charge is 0.274 e. The number of hydrazone groups is 1. The predicted octanol–water partition coefficient (Wildman–Crippen LogP) is 3.87. The third-order valence-electron chi connectivity index (χ3n) is 5.95. The maximum absolute atomic E-state index is 14.7. The van der Waals surface area contributed by atoms with E-state index in [1.165, 1.54) is 11.8 Å². The predicted molar refractivity (Wildman–Crippen MR) is 123 cm³/mol. The summed E-state index contributed by atoms with van der Waals surface area (Å²) in [6, 6.07) is 12.9. The van der Waals surface area contributed by atoms with E-state index in [1.54, 1.807) is 30.8 Å². The highest BCUT2D eigenvalue weighted by Gasteiger charge is 2.52. The van der Waals surface area contributed by atoms with Gasteiger partial charge in [0.1, 0.15) is 27.1 Å². The fourth-order valence-corrected chi connectivity index (χ4v) is 5.20. The van der Waals surface area contributed by atoms with Gasteiger partial charge in [-0.3, -0.25) is 4.79 Å². The Morgan fingerprint density at radius 2 is 1.84 bits per heavy atom. The second kappa shape index (κ2) is 8.29. The molecule has 2 heterocycles. The second-order valence-corrected chi connectivity index (χ2v) is 9.59. The number of carbonyl (C=O) groups excluding carboxylic acids is 1. The summed E-state index contributed by atoms with van der Waals surface area (Å²) in [5.41, 5.74) is 5.98.